The topological polar surface area (TPSA) is 28.7 Å². The van der Waals surface area contributed by atoms with Crippen molar-refractivity contribution in [1.29, 1.82) is 0 Å². The molecule has 5 aliphatic rings. The lowest BCUT2D eigenvalue weighted by molar-refractivity contribution is 0.477. The van der Waals surface area contributed by atoms with E-state index < -0.39 is 8.07 Å². The molecule has 0 spiro atoms. The van der Waals surface area contributed by atoms with Crippen molar-refractivity contribution in [3.8, 4) is 11.5 Å². The van der Waals surface area contributed by atoms with Crippen LogP contribution in [0.4, 0.5) is 102 Å². The Labute approximate surface area is 683 Å². The summed E-state index contributed by atoms with van der Waals surface area (Å²) in [5, 5.41) is 3.03. The van der Waals surface area contributed by atoms with Crippen LogP contribution in [0.25, 0.3) is 0 Å². The summed E-state index contributed by atoms with van der Waals surface area (Å²) < 4.78 is 6.04. The van der Waals surface area contributed by atoms with Crippen LogP contribution in [0.3, 0.4) is 0 Å². The minimum Gasteiger partial charge on any atom is -0.453 e. The number of aryl methyl sites for hydroxylation is 5. The predicted octanol–water partition coefficient (Wildman–Crippen LogP) is 29.5. The fraction of sp³-hybridized carbons (Fsp3) is 0.0943. The van der Waals surface area contributed by atoms with E-state index in [4.69, 9.17) is 4.74 Å². The monoisotopic (exact) mass is 1520 g/mol. The van der Waals surface area contributed by atoms with Crippen LogP contribution in [0.2, 0.25) is 13.1 Å². The molecule has 0 saturated heterocycles. The summed E-state index contributed by atoms with van der Waals surface area (Å²) in [6.45, 7) is 20.3. The van der Waals surface area contributed by atoms with Gasteiger partial charge in [-0.05, 0) is 254 Å². The second-order valence-electron chi connectivity index (χ2n) is 30.9. The average molecular weight is 1530 g/mol. The van der Waals surface area contributed by atoms with E-state index in [9.17, 15) is 0 Å². The molecule has 0 bridgehead atoms. The molecule has 0 aromatic heterocycles. The number of hydrogen-bond donors (Lipinski definition) is 0. The number of benzene rings is 16. The van der Waals surface area contributed by atoms with Gasteiger partial charge in [-0.2, -0.15) is 0 Å². The number of ether oxygens (including phenoxy) is 1. The first-order valence-electron chi connectivity index (χ1n) is 39.6. The van der Waals surface area contributed by atoms with Crippen molar-refractivity contribution in [2.45, 2.75) is 76.8 Å². The minimum absolute atomic E-state index is 0.00487. The smallest absolute Gasteiger partial charge is 0.151 e. The van der Waals surface area contributed by atoms with Crippen LogP contribution in [0.1, 0.15) is 52.8 Å². The third kappa shape index (κ3) is 14.7. The van der Waals surface area contributed by atoms with Crippen LogP contribution in [0.15, 0.2) is 404 Å². The van der Waals surface area contributed by atoms with Crippen LogP contribution >= 0.6 is 11.8 Å². The summed E-state index contributed by atoms with van der Waals surface area (Å²) in [5.41, 5.74) is 31.0. The van der Waals surface area contributed by atoms with Crippen molar-refractivity contribution in [3.05, 3.63) is 433 Å². The van der Waals surface area contributed by atoms with Gasteiger partial charge in [0.05, 0.1) is 56.9 Å². The van der Waals surface area contributed by atoms with Gasteiger partial charge in [0.25, 0.3) is 0 Å². The van der Waals surface area contributed by atoms with Gasteiger partial charge in [-0.15, -0.1) is 0 Å². The third-order valence-corrected chi connectivity index (χ3v) is 26.9. The Morgan fingerprint density at radius 2 is 0.539 bits per heavy atom. The SMILES string of the molecule is Cc1ccc2c(c1)N(c1ccccc1)c1ccccc1C2(C)C.Cc1ccc2c(c1)N(c1ccccc1)c1ccccc1N2c1ccccc1.Cc1ccc2c(c1)N(c1ccccc1)c1ccccc1O2.Cc1ccc2c(c1)N(c1ccccc1)c1ccccc1S2.Cc1ccc2c(c1)N(c1ccccc1)c1ccccc1[Si]2(C)C. The molecule has 0 aliphatic carbocycles. The maximum atomic E-state index is 6.04. The van der Waals surface area contributed by atoms with Crippen LogP contribution in [0.5, 0.6) is 11.5 Å². The molecule has 0 N–H and O–H groups in total. The molecule has 0 fully saturated rings. The fourth-order valence-corrected chi connectivity index (χ4v) is 20.6. The second-order valence-corrected chi connectivity index (χ2v) is 36.3. The van der Waals surface area contributed by atoms with Gasteiger partial charge >= 0.3 is 0 Å². The Kier molecular flexibility index (Phi) is 20.7. The van der Waals surface area contributed by atoms with E-state index in [2.05, 4.69) is 455 Å². The highest BCUT2D eigenvalue weighted by atomic mass is 32.2. The van der Waals surface area contributed by atoms with Crippen molar-refractivity contribution < 1.29 is 4.74 Å². The van der Waals surface area contributed by atoms with E-state index >= 15 is 0 Å². The fourth-order valence-electron chi connectivity index (χ4n) is 16.6. The molecule has 9 heteroatoms. The van der Waals surface area contributed by atoms with Gasteiger partial charge < -0.3 is 34.1 Å². The van der Waals surface area contributed by atoms with Gasteiger partial charge in [0.15, 0.2) is 11.5 Å². The summed E-state index contributed by atoms with van der Waals surface area (Å²) in [4.78, 5) is 16.7. The molecule has 0 saturated carbocycles. The summed E-state index contributed by atoms with van der Waals surface area (Å²) in [6.07, 6.45) is 0. The number of anilines is 18. The van der Waals surface area contributed by atoms with Gasteiger partial charge in [-0.1, -0.05) is 263 Å². The number of nitrogens with zero attached hydrogens (tertiary/aromatic N) is 6. The van der Waals surface area contributed by atoms with Gasteiger partial charge in [-0.3, -0.25) is 0 Å². The standard InChI is InChI=1S/C25H20N2.C22H21N.C21H21NSi.C19H15NO.C19H15NS/c1-19-16-17-24-25(18-19)27(21-12-6-3-7-13-21)23-15-9-8-14-22(23)26(24)20-10-4-2-5-11-20;1-16-13-14-19-21(15-16)23(17-9-5-4-6-10-17)20-12-8-7-11-18(20)22(19,2)3;1-16-13-14-21-19(15-16)22(17-9-5-4-6-10-17)18-11-7-8-12-20(18)23(21,2)3;2*1-14-11-12-19-17(13-14)20(15-7-3-2-4-8-15)16-9-5-6-10-18(16)21-19/h2-18H,1H3;2*4-15H,1-3H3;2*2-13H,1H3. The molecule has 16 aromatic carbocycles. The number of para-hydroxylation sites is 13. The third-order valence-electron chi connectivity index (χ3n) is 22.2. The summed E-state index contributed by atoms with van der Waals surface area (Å²) in [7, 11) is -1.67. The van der Waals surface area contributed by atoms with Gasteiger partial charge in [0.1, 0.15) is 8.07 Å². The zero-order valence-electron chi connectivity index (χ0n) is 66.5. The van der Waals surface area contributed by atoms with E-state index in [1.165, 1.54) is 144 Å². The lowest BCUT2D eigenvalue weighted by Crippen LogP contribution is -2.58. The molecule has 5 aliphatic heterocycles. The van der Waals surface area contributed by atoms with Gasteiger partial charge in [0.2, 0.25) is 0 Å². The quantitative estimate of drug-likeness (QED) is 0.152. The molecule has 21 rings (SSSR count). The van der Waals surface area contributed by atoms with Crippen LogP contribution in [0, 0.1) is 34.6 Å². The predicted molar refractivity (Wildman–Crippen MR) is 491 cm³/mol. The number of hydrogen-bond acceptors (Lipinski definition) is 8. The first-order valence-corrected chi connectivity index (χ1v) is 43.4. The zero-order valence-corrected chi connectivity index (χ0v) is 68.3. The van der Waals surface area contributed by atoms with E-state index in [1.807, 2.05) is 42.1 Å². The second kappa shape index (κ2) is 32.1. The first kappa shape index (κ1) is 74.4. The first-order chi connectivity index (χ1) is 56.2. The highest BCUT2D eigenvalue weighted by molar-refractivity contribution is 7.99. The largest absolute Gasteiger partial charge is 0.453 e. The Hall–Kier alpha value is -13.3. The molecule has 0 amide bonds. The van der Waals surface area contributed by atoms with E-state index in [0.717, 1.165) is 28.6 Å². The highest BCUT2D eigenvalue weighted by Crippen LogP contribution is 2.57. The molecular formula is C106H92N6OSSi. The Morgan fingerprint density at radius 3 is 1.09 bits per heavy atom. The number of fused-ring (bicyclic) bond motifs is 10. The van der Waals surface area contributed by atoms with Crippen molar-refractivity contribution in [2.75, 3.05) is 29.4 Å². The molecule has 16 aromatic rings. The maximum Gasteiger partial charge on any atom is 0.151 e. The Balaban J connectivity index is 0.000000104. The van der Waals surface area contributed by atoms with Crippen molar-refractivity contribution in [1.82, 2.24) is 0 Å². The van der Waals surface area contributed by atoms with E-state index in [1.54, 1.807) is 0 Å². The summed E-state index contributed by atoms with van der Waals surface area (Å²) in [5.74, 6) is 1.78. The molecule has 7 nitrogen and oxygen atoms in total. The van der Waals surface area contributed by atoms with Crippen molar-refractivity contribution >= 4 is 133 Å². The Morgan fingerprint density at radius 1 is 0.226 bits per heavy atom. The molecule has 562 valence electrons. The van der Waals surface area contributed by atoms with Crippen molar-refractivity contribution in [2.24, 2.45) is 0 Å². The van der Waals surface area contributed by atoms with Crippen LogP contribution < -0.4 is 44.5 Å². The Bertz CT molecular complexity index is 5870. The molecule has 0 radical (unpaired) electrons. The molecule has 0 atom stereocenters. The van der Waals surface area contributed by atoms with Gasteiger partial charge in [0, 0.05) is 60.7 Å². The summed E-state index contributed by atoms with van der Waals surface area (Å²) in [6, 6.07) is 140. The highest BCUT2D eigenvalue weighted by Gasteiger charge is 2.40. The lowest BCUT2D eigenvalue weighted by atomic mass is 9.73. The average Bonchev–Trinajstić information content (AvgIpc) is 0.740. The summed E-state index contributed by atoms with van der Waals surface area (Å²) >= 11 is 1.85. The van der Waals surface area contributed by atoms with E-state index in [0.29, 0.717) is 0 Å². The zero-order chi connectivity index (χ0) is 78.7. The van der Waals surface area contributed by atoms with Gasteiger partial charge in [-0.25, -0.2) is 0 Å². The van der Waals surface area contributed by atoms with E-state index in [-0.39, 0.29) is 5.41 Å². The number of rotatable bonds is 6. The van der Waals surface area contributed by atoms with Crippen LogP contribution in [-0.2, 0) is 5.41 Å². The van der Waals surface area contributed by atoms with Crippen LogP contribution in [-0.4, -0.2) is 8.07 Å². The molecule has 0 unspecified atom stereocenters. The maximum absolute atomic E-state index is 6.04. The normalized spacial score (nSPS) is 13.5. The molecular weight excluding hydrogens is 1430 g/mol. The minimum atomic E-state index is -1.67. The van der Waals surface area contributed by atoms with Crippen molar-refractivity contribution in [3.63, 3.8) is 0 Å². The molecule has 5 heterocycles. The lowest BCUT2D eigenvalue weighted by Gasteiger charge is -2.42. The molecule has 115 heavy (non-hydrogen) atoms.